The fraction of sp³-hybridized carbons (Fsp3) is 0.600. The first-order valence-electron chi connectivity index (χ1n) is 4.81. The van der Waals surface area contributed by atoms with E-state index in [1.807, 2.05) is 0 Å². The van der Waals surface area contributed by atoms with Crippen LogP contribution >= 0.6 is 27.3 Å². The van der Waals surface area contributed by atoms with Crippen LogP contribution in [0.4, 0.5) is 0 Å². The number of thiophene rings is 1. The number of nitrogens with zero attached hydrogens (tertiary/aromatic N) is 2. The number of rotatable bonds is 4. The van der Waals surface area contributed by atoms with Crippen molar-refractivity contribution in [3.63, 3.8) is 0 Å². The van der Waals surface area contributed by atoms with Crippen molar-refractivity contribution in [2.75, 3.05) is 0 Å². The van der Waals surface area contributed by atoms with Gasteiger partial charge in [-0.3, -0.25) is 0 Å². The predicted octanol–water partition coefficient (Wildman–Crippen LogP) is 4.26. The maximum absolute atomic E-state index is 4.17. The van der Waals surface area contributed by atoms with E-state index in [4.69, 9.17) is 0 Å². The zero-order chi connectivity index (χ0) is 10.2. The zero-order valence-corrected chi connectivity index (χ0v) is 10.7. The molecule has 0 saturated carbocycles. The third kappa shape index (κ3) is 2.06. The summed E-state index contributed by atoms with van der Waals surface area (Å²) in [6.07, 6.45) is 2.14. The van der Waals surface area contributed by atoms with E-state index in [2.05, 4.69) is 52.1 Å². The fourth-order valence-corrected chi connectivity index (χ4v) is 2.96. The van der Waals surface area contributed by atoms with Gasteiger partial charge >= 0.3 is 0 Å². The molecule has 0 fully saturated rings. The predicted molar refractivity (Wildman–Crippen MR) is 62.8 cm³/mol. The van der Waals surface area contributed by atoms with Gasteiger partial charge in [0.2, 0.25) is 0 Å². The number of hydrogen-bond acceptors (Lipinski definition) is 3. The van der Waals surface area contributed by atoms with Crippen LogP contribution in [0, 0.1) is 5.92 Å². The summed E-state index contributed by atoms with van der Waals surface area (Å²) in [5, 5.41) is 8.35. The van der Waals surface area contributed by atoms with Crippen LogP contribution in [0.3, 0.4) is 0 Å². The lowest BCUT2D eigenvalue weighted by Crippen LogP contribution is -2.19. The first-order valence-corrected chi connectivity index (χ1v) is 6.42. The Labute approximate surface area is 96.6 Å². The Morgan fingerprint density at radius 3 is 2.57 bits per heavy atom. The van der Waals surface area contributed by atoms with Gasteiger partial charge in [-0.15, -0.1) is 11.3 Å². The molecule has 0 bridgehead atoms. The highest BCUT2D eigenvalue weighted by molar-refractivity contribution is 9.11. The van der Waals surface area contributed by atoms with Gasteiger partial charge in [0.15, 0.2) is 5.66 Å². The zero-order valence-electron chi connectivity index (χ0n) is 8.33. The smallest absolute Gasteiger partial charge is 0.159 e. The van der Waals surface area contributed by atoms with Gasteiger partial charge in [-0.05, 0) is 34.5 Å². The van der Waals surface area contributed by atoms with Crippen molar-refractivity contribution < 1.29 is 0 Å². The quantitative estimate of drug-likeness (QED) is 0.783. The lowest BCUT2D eigenvalue weighted by atomic mass is 9.95. The minimum absolute atomic E-state index is 0.0452. The van der Waals surface area contributed by atoms with Gasteiger partial charge in [-0.2, -0.15) is 10.2 Å². The molecule has 0 spiro atoms. The first-order chi connectivity index (χ1) is 6.62. The van der Waals surface area contributed by atoms with Crippen molar-refractivity contribution in [3.8, 4) is 0 Å². The van der Waals surface area contributed by atoms with Gasteiger partial charge in [-0.1, -0.05) is 13.8 Å². The minimum atomic E-state index is -0.0452. The summed E-state index contributed by atoms with van der Waals surface area (Å²) in [5.74, 6) is 0.533. The Bertz CT molecular complexity index is 351. The largest absolute Gasteiger partial charge is 0.193 e. The van der Waals surface area contributed by atoms with Gasteiger partial charge < -0.3 is 0 Å². The summed E-state index contributed by atoms with van der Waals surface area (Å²) in [4.78, 5) is 1.41. The van der Waals surface area contributed by atoms with Gasteiger partial charge in [0.05, 0.1) is 3.79 Å². The van der Waals surface area contributed by atoms with E-state index in [1.165, 1.54) is 8.66 Å². The van der Waals surface area contributed by atoms with Gasteiger partial charge in [0.1, 0.15) is 0 Å². The number of aryl methyl sites for hydroxylation is 1. The third-order valence-corrected chi connectivity index (χ3v) is 4.33. The lowest BCUT2D eigenvalue weighted by molar-refractivity contribution is 0.407. The molecule has 2 heterocycles. The molecule has 0 N–H and O–H groups in total. The Balaban J connectivity index is 1.89. The Morgan fingerprint density at radius 2 is 2.14 bits per heavy atom. The highest BCUT2D eigenvalue weighted by Crippen LogP contribution is 2.40. The van der Waals surface area contributed by atoms with Gasteiger partial charge in [-0.25, -0.2) is 0 Å². The van der Waals surface area contributed by atoms with Crippen LogP contribution in [0.25, 0.3) is 0 Å². The van der Waals surface area contributed by atoms with E-state index in [0.717, 1.165) is 12.8 Å². The Morgan fingerprint density at radius 1 is 1.43 bits per heavy atom. The highest BCUT2D eigenvalue weighted by Gasteiger charge is 2.42. The molecule has 0 saturated heterocycles. The molecule has 0 atom stereocenters. The molecule has 0 amide bonds. The highest BCUT2D eigenvalue weighted by atomic mass is 79.9. The van der Waals surface area contributed by atoms with E-state index in [9.17, 15) is 0 Å². The average Bonchev–Trinajstić information content (AvgIpc) is 2.82. The second-order valence-corrected chi connectivity index (χ2v) is 6.49. The molecule has 0 aromatic carbocycles. The summed E-state index contributed by atoms with van der Waals surface area (Å²) in [6, 6.07) is 4.27. The molecular weight excluding hydrogens is 260 g/mol. The van der Waals surface area contributed by atoms with Crippen LogP contribution in [-0.2, 0) is 6.42 Å². The van der Waals surface area contributed by atoms with Crippen molar-refractivity contribution in [2.45, 2.75) is 32.4 Å². The van der Waals surface area contributed by atoms with Crippen LogP contribution < -0.4 is 0 Å². The van der Waals surface area contributed by atoms with Crippen molar-refractivity contribution in [1.82, 2.24) is 0 Å². The molecule has 0 aliphatic carbocycles. The van der Waals surface area contributed by atoms with Crippen molar-refractivity contribution in [2.24, 2.45) is 16.1 Å². The second-order valence-electron chi connectivity index (χ2n) is 3.94. The summed E-state index contributed by atoms with van der Waals surface area (Å²) >= 11 is 5.27. The van der Waals surface area contributed by atoms with Crippen molar-refractivity contribution in [3.05, 3.63) is 20.8 Å². The van der Waals surface area contributed by atoms with Gasteiger partial charge in [0, 0.05) is 17.2 Å². The molecule has 0 radical (unpaired) electrons. The van der Waals surface area contributed by atoms with Crippen LogP contribution in [0.5, 0.6) is 0 Å². The molecule has 76 valence electrons. The van der Waals surface area contributed by atoms with E-state index in [-0.39, 0.29) is 5.66 Å². The summed E-state index contributed by atoms with van der Waals surface area (Å²) in [6.45, 7) is 4.37. The van der Waals surface area contributed by atoms with E-state index in [1.54, 1.807) is 11.3 Å². The van der Waals surface area contributed by atoms with E-state index in [0.29, 0.717) is 5.92 Å². The molecule has 1 aromatic heterocycles. The molecule has 14 heavy (non-hydrogen) atoms. The average molecular weight is 273 g/mol. The minimum Gasteiger partial charge on any atom is -0.159 e. The maximum Gasteiger partial charge on any atom is 0.193 e. The Kier molecular flexibility index (Phi) is 2.75. The molecule has 1 aromatic rings. The fourth-order valence-electron chi connectivity index (χ4n) is 1.48. The van der Waals surface area contributed by atoms with Crippen molar-refractivity contribution >= 4 is 27.3 Å². The summed E-state index contributed by atoms with van der Waals surface area (Å²) in [5.41, 5.74) is -0.0452. The molecule has 2 rings (SSSR count). The molecular formula is C10H13BrN2S. The summed E-state index contributed by atoms with van der Waals surface area (Å²) in [7, 11) is 0. The van der Waals surface area contributed by atoms with Crippen LogP contribution in [0.2, 0.25) is 0 Å². The molecule has 2 nitrogen and oxygen atoms in total. The van der Waals surface area contributed by atoms with Crippen molar-refractivity contribution in [1.29, 1.82) is 0 Å². The number of hydrogen-bond donors (Lipinski definition) is 0. The Hall–Kier alpha value is -0.220. The lowest BCUT2D eigenvalue weighted by Gasteiger charge is -2.12. The summed E-state index contributed by atoms with van der Waals surface area (Å²) < 4.78 is 1.20. The van der Waals surface area contributed by atoms with Crippen LogP contribution in [0.1, 0.15) is 25.1 Å². The first kappa shape index (κ1) is 10.3. The molecule has 4 heteroatoms. The van der Waals surface area contributed by atoms with Gasteiger partial charge in [0.25, 0.3) is 0 Å². The molecule has 0 unspecified atom stereocenters. The van der Waals surface area contributed by atoms with E-state index >= 15 is 0 Å². The van der Waals surface area contributed by atoms with Crippen LogP contribution in [-0.4, -0.2) is 5.66 Å². The number of halogens is 1. The van der Waals surface area contributed by atoms with Crippen LogP contribution in [0.15, 0.2) is 26.1 Å². The monoisotopic (exact) mass is 272 g/mol. The topological polar surface area (TPSA) is 24.7 Å². The molecule has 1 aliphatic rings. The normalized spacial score (nSPS) is 17.7. The van der Waals surface area contributed by atoms with E-state index < -0.39 is 0 Å². The third-order valence-electron chi connectivity index (χ3n) is 2.65. The SMILES string of the molecule is CC(C)C1(CCc2ccc(Br)s2)N=N1. The standard InChI is InChI=1S/C10H13BrN2S/c1-7(2)10(12-13-10)6-5-8-3-4-9(11)14-8/h3-4,7H,5-6H2,1-2H3. The maximum atomic E-state index is 4.17. The second kappa shape index (κ2) is 3.74. The molecule has 1 aliphatic heterocycles.